The van der Waals surface area contributed by atoms with E-state index >= 15 is 0 Å². The number of hydrogen-bond donors (Lipinski definition) is 1. The molecule has 0 bridgehead atoms. The molecule has 12 heteroatoms. The average molecular weight is 354 g/mol. The highest BCUT2D eigenvalue weighted by atomic mass is 19.4. The summed E-state index contributed by atoms with van der Waals surface area (Å²) in [6.45, 7) is 1.32. The van der Waals surface area contributed by atoms with Crippen LogP contribution in [0.3, 0.4) is 0 Å². The van der Waals surface area contributed by atoms with Gasteiger partial charge in [-0.25, -0.2) is 4.98 Å². The van der Waals surface area contributed by atoms with Gasteiger partial charge >= 0.3 is 29.9 Å². The lowest BCUT2D eigenvalue weighted by Crippen LogP contribution is -2.64. The van der Waals surface area contributed by atoms with E-state index in [9.17, 15) is 44.3 Å². The van der Waals surface area contributed by atoms with Crippen LogP contribution in [0.2, 0.25) is 0 Å². The third-order valence-corrected chi connectivity index (χ3v) is 2.56. The van der Waals surface area contributed by atoms with E-state index in [2.05, 4.69) is 4.98 Å². The van der Waals surface area contributed by atoms with Gasteiger partial charge in [0, 0.05) is 5.69 Å². The predicted molar refractivity (Wildman–Crippen MR) is 58.5 cm³/mol. The van der Waals surface area contributed by atoms with Gasteiger partial charge in [0.25, 0.3) is 0 Å². The minimum absolute atomic E-state index is 0.137. The van der Waals surface area contributed by atoms with Crippen molar-refractivity contribution in [1.82, 2.24) is 4.98 Å². The maximum absolute atomic E-state index is 13.2. The van der Waals surface area contributed by atoms with Gasteiger partial charge in [-0.3, -0.25) is 4.79 Å². The van der Waals surface area contributed by atoms with Gasteiger partial charge < -0.3 is 5.32 Å². The Balaban J connectivity index is 3.16. The Morgan fingerprint density at radius 2 is 1.48 bits per heavy atom. The van der Waals surface area contributed by atoms with Gasteiger partial charge in [-0.2, -0.15) is 39.5 Å². The Bertz CT molecular complexity index is 597. The lowest BCUT2D eigenvalue weighted by molar-refractivity contribution is -0.388. The minimum Gasteiger partial charge on any atom is -0.305 e. The Morgan fingerprint density at radius 3 is 1.91 bits per heavy atom. The van der Waals surface area contributed by atoms with E-state index < -0.39 is 35.7 Å². The number of carbonyl (C=O) groups is 1. The van der Waals surface area contributed by atoms with Gasteiger partial charge in [0.2, 0.25) is 0 Å². The number of aromatic nitrogens is 1. The molecule has 3 nitrogen and oxygen atoms in total. The molecule has 23 heavy (non-hydrogen) atoms. The van der Waals surface area contributed by atoms with Crippen molar-refractivity contribution in [2.24, 2.45) is 0 Å². The fourth-order valence-electron chi connectivity index (χ4n) is 1.33. The summed E-state index contributed by atoms with van der Waals surface area (Å²) in [5.74, 6) is -24.3. The standard InChI is InChI=1S/C11H7F9N2O/c1-5-3-2-4-6(21-5)22-7(23)8(12,13)9(14,15)10(16,17)11(18,19)20/h2-4H,1H3,(H,21,22,23). The first-order valence-corrected chi connectivity index (χ1v) is 5.60. The molecule has 1 N–H and O–H groups in total. The number of nitrogens with zero attached hydrogens (tertiary/aromatic N) is 1. The number of aryl methyl sites for hydroxylation is 1. The van der Waals surface area contributed by atoms with E-state index in [-0.39, 0.29) is 5.69 Å². The maximum atomic E-state index is 13.2. The monoisotopic (exact) mass is 354 g/mol. The molecule has 130 valence electrons. The van der Waals surface area contributed by atoms with Crippen molar-refractivity contribution < 1.29 is 44.3 Å². The number of nitrogens with one attached hydrogen (secondary N) is 1. The Morgan fingerprint density at radius 1 is 0.957 bits per heavy atom. The number of anilines is 1. The smallest absolute Gasteiger partial charge is 0.305 e. The van der Waals surface area contributed by atoms with Crippen molar-refractivity contribution in [3.05, 3.63) is 23.9 Å². The van der Waals surface area contributed by atoms with Gasteiger partial charge in [0.15, 0.2) is 0 Å². The number of alkyl halides is 9. The molecular formula is C11H7F9N2O. The second-order valence-corrected chi connectivity index (χ2v) is 4.34. The zero-order chi connectivity index (χ0) is 18.3. The summed E-state index contributed by atoms with van der Waals surface area (Å²) < 4.78 is 113. The molecule has 0 aliphatic rings. The summed E-state index contributed by atoms with van der Waals surface area (Å²) in [6, 6.07) is 3.32. The van der Waals surface area contributed by atoms with E-state index in [1.807, 2.05) is 0 Å². The van der Waals surface area contributed by atoms with E-state index in [1.54, 1.807) is 0 Å². The molecule has 1 heterocycles. The van der Waals surface area contributed by atoms with Crippen LogP contribution in [0.5, 0.6) is 0 Å². The van der Waals surface area contributed by atoms with Gasteiger partial charge in [-0.1, -0.05) is 6.07 Å². The maximum Gasteiger partial charge on any atom is 0.460 e. The number of carbonyl (C=O) groups excluding carboxylic acids is 1. The van der Waals surface area contributed by atoms with Gasteiger partial charge in [-0.05, 0) is 19.1 Å². The molecule has 0 radical (unpaired) electrons. The summed E-state index contributed by atoms with van der Waals surface area (Å²) in [6.07, 6.45) is -6.98. The SMILES string of the molecule is Cc1cccc(NC(=O)C(F)(F)C(F)(F)C(F)(F)C(F)(F)F)n1. The van der Waals surface area contributed by atoms with Crippen molar-refractivity contribution in [3.8, 4) is 0 Å². The van der Waals surface area contributed by atoms with Crippen molar-refractivity contribution in [2.45, 2.75) is 30.9 Å². The van der Waals surface area contributed by atoms with Crippen LogP contribution in [0.25, 0.3) is 0 Å². The predicted octanol–water partition coefficient (Wildman–Crippen LogP) is 3.80. The van der Waals surface area contributed by atoms with Crippen molar-refractivity contribution >= 4 is 11.7 Å². The van der Waals surface area contributed by atoms with Crippen molar-refractivity contribution in [3.63, 3.8) is 0 Å². The summed E-state index contributed by atoms with van der Waals surface area (Å²) >= 11 is 0. The molecule has 1 aromatic heterocycles. The van der Waals surface area contributed by atoms with Crippen LogP contribution in [-0.2, 0) is 4.79 Å². The molecule has 0 saturated carbocycles. The molecule has 0 aliphatic carbocycles. The molecular weight excluding hydrogens is 347 g/mol. The van der Waals surface area contributed by atoms with Crippen LogP contribution < -0.4 is 5.32 Å². The molecule has 1 aromatic rings. The zero-order valence-corrected chi connectivity index (χ0v) is 11.0. The first kappa shape index (κ1) is 19.0. The van der Waals surface area contributed by atoms with Crippen molar-refractivity contribution in [1.29, 1.82) is 0 Å². The zero-order valence-electron chi connectivity index (χ0n) is 11.0. The van der Waals surface area contributed by atoms with Crippen LogP contribution in [0.4, 0.5) is 45.3 Å². The number of pyridine rings is 1. The van der Waals surface area contributed by atoms with Crippen LogP contribution in [0, 0.1) is 6.92 Å². The molecule has 0 fully saturated rings. The van der Waals surface area contributed by atoms with Gasteiger partial charge in [0.1, 0.15) is 5.82 Å². The molecule has 1 amide bonds. The summed E-state index contributed by atoms with van der Waals surface area (Å²) in [5, 5.41) is 1.07. The number of hydrogen-bond acceptors (Lipinski definition) is 2. The highest BCUT2D eigenvalue weighted by Gasteiger charge is 2.83. The van der Waals surface area contributed by atoms with E-state index in [0.29, 0.717) is 0 Å². The van der Waals surface area contributed by atoms with Crippen LogP contribution in [0.1, 0.15) is 5.69 Å². The highest BCUT2D eigenvalue weighted by Crippen LogP contribution is 2.53. The molecule has 0 aromatic carbocycles. The largest absolute Gasteiger partial charge is 0.460 e. The Hall–Kier alpha value is -2.01. The Labute approximate surface area is 122 Å². The summed E-state index contributed by atoms with van der Waals surface area (Å²) in [4.78, 5) is 14.5. The number of amides is 1. The summed E-state index contributed by atoms with van der Waals surface area (Å²) in [5.41, 5.74) is 0.137. The molecule has 0 saturated heterocycles. The second-order valence-electron chi connectivity index (χ2n) is 4.34. The first-order chi connectivity index (χ1) is 10.1. The lowest BCUT2D eigenvalue weighted by Gasteiger charge is -2.32. The van der Waals surface area contributed by atoms with E-state index in [1.165, 1.54) is 13.0 Å². The average Bonchev–Trinajstić information content (AvgIpc) is 2.36. The van der Waals surface area contributed by atoms with E-state index in [0.717, 1.165) is 17.4 Å². The van der Waals surface area contributed by atoms with Gasteiger partial charge in [-0.15, -0.1) is 0 Å². The molecule has 0 spiro atoms. The normalized spacial score (nSPS) is 13.8. The molecule has 0 unspecified atom stereocenters. The van der Waals surface area contributed by atoms with Crippen LogP contribution in [0.15, 0.2) is 18.2 Å². The third kappa shape index (κ3) is 3.20. The molecule has 0 atom stereocenters. The quantitative estimate of drug-likeness (QED) is 0.836. The van der Waals surface area contributed by atoms with Crippen LogP contribution in [-0.4, -0.2) is 34.8 Å². The molecule has 1 rings (SSSR count). The number of rotatable bonds is 4. The topological polar surface area (TPSA) is 42.0 Å². The lowest BCUT2D eigenvalue weighted by atomic mass is 10.0. The first-order valence-electron chi connectivity index (χ1n) is 5.60. The third-order valence-electron chi connectivity index (χ3n) is 2.56. The fraction of sp³-hybridized carbons (Fsp3) is 0.455. The highest BCUT2D eigenvalue weighted by molar-refractivity contribution is 5.96. The Kier molecular flexibility index (Phi) is 4.61. The second kappa shape index (κ2) is 5.57. The minimum atomic E-state index is -7.12. The van der Waals surface area contributed by atoms with Gasteiger partial charge in [0.05, 0.1) is 0 Å². The van der Waals surface area contributed by atoms with E-state index in [4.69, 9.17) is 0 Å². The van der Waals surface area contributed by atoms with Crippen molar-refractivity contribution in [2.75, 3.05) is 5.32 Å². The summed E-state index contributed by atoms with van der Waals surface area (Å²) in [7, 11) is 0. The molecule has 0 aliphatic heterocycles. The number of halogens is 9. The fourth-order valence-corrected chi connectivity index (χ4v) is 1.33. The van der Waals surface area contributed by atoms with Crippen LogP contribution >= 0.6 is 0 Å².